The SMILES string of the molecule is CCCOc1cnc(Cc2cc(C)c(-c3csc(NC(=O)c4ccncc4)n3)c(C)c2)cn1.ClCCl. The van der Waals surface area contributed by atoms with Crippen molar-refractivity contribution in [2.45, 2.75) is 33.6 Å². The van der Waals surface area contributed by atoms with E-state index in [1.165, 1.54) is 11.3 Å². The second-order valence-corrected chi connectivity index (χ2v) is 9.47. The van der Waals surface area contributed by atoms with Crippen molar-refractivity contribution in [3.63, 3.8) is 0 Å². The quantitative estimate of drug-likeness (QED) is 0.249. The number of thiazole rings is 1. The van der Waals surface area contributed by atoms with Gasteiger partial charge in [0.2, 0.25) is 5.88 Å². The minimum Gasteiger partial charge on any atom is -0.477 e. The molecule has 1 amide bonds. The van der Waals surface area contributed by atoms with Gasteiger partial charge in [0.15, 0.2) is 5.13 Å². The zero-order chi connectivity index (χ0) is 25.9. The Morgan fingerprint density at radius 1 is 1.08 bits per heavy atom. The Morgan fingerprint density at radius 2 is 1.78 bits per heavy atom. The molecular formula is C26H27Cl2N5O2S. The molecule has 0 aliphatic rings. The van der Waals surface area contributed by atoms with Crippen LogP contribution in [0.3, 0.4) is 0 Å². The lowest BCUT2D eigenvalue weighted by Crippen LogP contribution is -2.11. The maximum absolute atomic E-state index is 12.4. The molecule has 0 unspecified atom stereocenters. The van der Waals surface area contributed by atoms with E-state index in [-0.39, 0.29) is 11.2 Å². The number of carbonyl (C=O) groups excluding carboxylic acids is 1. The fourth-order valence-electron chi connectivity index (χ4n) is 3.60. The van der Waals surface area contributed by atoms with Gasteiger partial charge >= 0.3 is 0 Å². The summed E-state index contributed by atoms with van der Waals surface area (Å²) < 4.78 is 5.51. The van der Waals surface area contributed by atoms with Crippen molar-refractivity contribution < 1.29 is 9.53 Å². The van der Waals surface area contributed by atoms with Gasteiger partial charge in [-0.2, -0.15) is 0 Å². The molecule has 7 nitrogen and oxygen atoms in total. The molecule has 0 aliphatic carbocycles. The number of ether oxygens (including phenoxy) is 1. The molecule has 0 fully saturated rings. The van der Waals surface area contributed by atoms with Crippen LogP contribution in [0.4, 0.5) is 5.13 Å². The van der Waals surface area contributed by atoms with Gasteiger partial charge in [0.25, 0.3) is 5.91 Å². The number of pyridine rings is 1. The van der Waals surface area contributed by atoms with E-state index >= 15 is 0 Å². The zero-order valence-electron chi connectivity index (χ0n) is 20.3. The molecule has 3 heterocycles. The summed E-state index contributed by atoms with van der Waals surface area (Å²) in [6.45, 7) is 6.85. The number of nitrogens with zero attached hydrogens (tertiary/aromatic N) is 4. The van der Waals surface area contributed by atoms with E-state index in [9.17, 15) is 4.79 Å². The van der Waals surface area contributed by atoms with Gasteiger partial charge in [0.1, 0.15) is 0 Å². The number of aryl methyl sites for hydroxylation is 2. The summed E-state index contributed by atoms with van der Waals surface area (Å²) in [5.74, 6) is 0.355. The second-order valence-electron chi connectivity index (χ2n) is 7.80. The Bertz CT molecular complexity index is 1240. The Kier molecular flexibility index (Phi) is 10.6. The summed E-state index contributed by atoms with van der Waals surface area (Å²) >= 11 is 10.9. The number of carbonyl (C=O) groups is 1. The van der Waals surface area contributed by atoms with Crippen LogP contribution in [0.2, 0.25) is 0 Å². The summed E-state index contributed by atoms with van der Waals surface area (Å²) in [5, 5.41) is 5.59. The number of nitrogens with one attached hydrogen (secondary N) is 1. The third-order valence-corrected chi connectivity index (χ3v) is 5.79. The number of hydrogen-bond acceptors (Lipinski definition) is 7. The van der Waals surface area contributed by atoms with Crippen LogP contribution in [0.5, 0.6) is 5.88 Å². The van der Waals surface area contributed by atoms with Gasteiger partial charge in [-0.1, -0.05) is 19.1 Å². The minimum atomic E-state index is -0.200. The number of halogens is 2. The number of amides is 1. The van der Waals surface area contributed by atoms with Crippen LogP contribution in [-0.4, -0.2) is 37.8 Å². The van der Waals surface area contributed by atoms with Crippen molar-refractivity contribution in [1.29, 1.82) is 0 Å². The van der Waals surface area contributed by atoms with Crippen LogP contribution >= 0.6 is 34.5 Å². The molecule has 3 aromatic heterocycles. The monoisotopic (exact) mass is 543 g/mol. The summed E-state index contributed by atoms with van der Waals surface area (Å²) in [6.07, 6.45) is 8.25. The van der Waals surface area contributed by atoms with Crippen molar-refractivity contribution in [3.05, 3.63) is 82.4 Å². The van der Waals surface area contributed by atoms with E-state index in [4.69, 9.17) is 27.9 Å². The molecule has 4 rings (SSSR count). The standard InChI is InChI=1S/C25H25N5O2S.CH2Cl2/c1-4-9-32-22-14-27-20(13-28-22)12-18-10-16(2)23(17(3)11-18)21-15-33-25(29-21)30-24(31)19-5-7-26-8-6-19;2-1-3/h5-8,10-11,13-15H,4,9,12H2,1-3H3,(H,29,30,31);1H2. The van der Waals surface area contributed by atoms with Gasteiger partial charge in [-0.3, -0.25) is 20.1 Å². The molecule has 0 atom stereocenters. The fourth-order valence-corrected chi connectivity index (χ4v) is 4.30. The minimum absolute atomic E-state index is 0.194. The highest BCUT2D eigenvalue weighted by Gasteiger charge is 2.14. The summed E-state index contributed by atoms with van der Waals surface area (Å²) in [4.78, 5) is 29.8. The third-order valence-electron chi connectivity index (χ3n) is 5.04. The first-order chi connectivity index (χ1) is 17.4. The lowest BCUT2D eigenvalue weighted by atomic mass is 9.96. The molecule has 0 saturated carbocycles. The van der Waals surface area contributed by atoms with E-state index in [1.807, 2.05) is 5.38 Å². The van der Waals surface area contributed by atoms with Gasteiger partial charge in [0, 0.05) is 35.3 Å². The highest BCUT2D eigenvalue weighted by atomic mass is 35.5. The molecule has 0 bridgehead atoms. The molecule has 4 aromatic rings. The van der Waals surface area contributed by atoms with Crippen LogP contribution in [0.25, 0.3) is 11.3 Å². The van der Waals surface area contributed by atoms with Crippen LogP contribution in [-0.2, 0) is 6.42 Å². The molecule has 0 radical (unpaired) electrons. The molecule has 36 heavy (non-hydrogen) atoms. The highest BCUT2D eigenvalue weighted by molar-refractivity contribution is 7.14. The smallest absolute Gasteiger partial charge is 0.257 e. The van der Waals surface area contributed by atoms with Crippen molar-refractivity contribution in [2.75, 3.05) is 17.3 Å². The number of aromatic nitrogens is 4. The van der Waals surface area contributed by atoms with Gasteiger partial charge in [-0.05, 0) is 49.1 Å². The van der Waals surface area contributed by atoms with Crippen LogP contribution in [0, 0.1) is 13.8 Å². The van der Waals surface area contributed by atoms with E-state index in [1.54, 1.807) is 36.9 Å². The third kappa shape index (κ3) is 7.71. The van der Waals surface area contributed by atoms with E-state index in [0.717, 1.165) is 40.1 Å². The van der Waals surface area contributed by atoms with E-state index in [2.05, 4.69) is 58.2 Å². The number of anilines is 1. The number of benzene rings is 1. The van der Waals surface area contributed by atoms with E-state index < -0.39 is 0 Å². The zero-order valence-corrected chi connectivity index (χ0v) is 22.6. The molecular weight excluding hydrogens is 517 g/mol. The molecule has 1 aromatic carbocycles. The topological polar surface area (TPSA) is 89.9 Å². The molecule has 0 aliphatic heterocycles. The van der Waals surface area contributed by atoms with Gasteiger partial charge in [-0.15, -0.1) is 34.5 Å². The maximum atomic E-state index is 12.4. The molecule has 10 heteroatoms. The van der Waals surface area contributed by atoms with Crippen molar-refractivity contribution in [1.82, 2.24) is 19.9 Å². The van der Waals surface area contributed by atoms with Gasteiger partial charge < -0.3 is 4.74 Å². The van der Waals surface area contributed by atoms with Crippen LogP contribution < -0.4 is 10.1 Å². The van der Waals surface area contributed by atoms with Crippen LogP contribution in [0.1, 0.15) is 46.1 Å². The van der Waals surface area contributed by atoms with Crippen molar-refractivity contribution in [2.24, 2.45) is 0 Å². The predicted molar refractivity (Wildman–Crippen MR) is 146 cm³/mol. The predicted octanol–water partition coefficient (Wildman–Crippen LogP) is 6.67. The molecule has 0 saturated heterocycles. The first kappa shape index (κ1) is 27.5. The molecule has 0 spiro atoms. The Labute approximate surface area is 224 Å². The number of rotatable bonds is 8. The Balaban J connectivity index is 0.00000115. The first-order valence-electron chi connectivity index (χ1n) is 11.3. The summed E-state index contributed by atoms with van der Waals surface area (Å²) in [6, 6.07) is 7.65. The lowest BCUT2D eigenvalue weighted by Gasteiger charge is -2.11. The van der Waals surface area contributed by atoms with E-state index in [0.29, 0.717) is 29.6 Å². The second kappa shape index (κ2) is 13.9. The van der Waals surface area contributed by atoms with Crippen LogP contribution in [0.15, 0.2) is 54.4 Å². The lowest BCUT2D eigenvalue weighted by molar-refractivity contribution is 0.102. The number of alkyl halides is 2. The average Bonchev–Trinajstić information content (AvgIpc) is 3.32. The molecule has 1 N–H and O–H groups in total. The van der Waals surface area contributed by atoms with Gasteiger partial charge in [0.05, 0.1) is 35.7 Å². The van der Waals surface area contributed by atoms with Crippen molar-refractivity contribution >= 4 is 45.6 Å². The van der Waals surface area contributed by atoms with Gasteiger partial charge in [-0.25, -0.2) is 9.97 Å². The number of hydrogen-bond donors (Lipinski definition) is 1. The Hall–Kier alpha value is -3.07. The molecule has 188 valence electrons. The summed E-state index contributed by atoms with van der Waals surface area (Å²) in [5.41, 5.74) is 6.77. The largest absolute Gasteiger partial charge is 0.477 e. The normalized spacial score (nSPS) is 10.4. The first-order valence-corrected chi connectivity index (χ1v) is 13.2. The van der Waals surface area contributed by atoms with Crippen molar-refractivity contribution in [3.8, 4) is 17.1 Å². The highest BCUT2D eigenvalue weighted by Crippen LogP contribution is 2.31. The average molecular weight is 545 g/mol. The Morgan fingerprint density at radius 3 is 2.39 bits per heavy atom. The maximum Gasteiger partial charge on any atom is 0.257 e. The fraction of sp³-hybridized carbons (Fsp3) is 0.269. The summed E-state index contributed by atoms with van der Waals surface area (Å²) in [7, 11) is 0.